The molecule has 6 nitrogen and oxygen atoms in total. The molecule has 2 rings (SSSR count). The highest BCUT2D eigenvalue weighted by Crippen LogP contribution is 2.15. The summed E-state index contributed by atoms with van der Waals surface area (Å²) < 4.78 is 0. The molecule has 2 N–H and O–H groups in total. The van der Waals surface area contributed by atoms with Crippen LogP contribution < -0.4 is 15.5 Å². The predicted molar refractivity (Wildman–Crippen MR) is 101 cm³/mol. The van der Waals surface area contributed by atoms with Crippen LogP contribution in [0.4, 0.5) is 17.1 Å². The number of nitrogens with zero attached hydrogens (tertiary/aromatic N) is 2. The quantitative estimate of drug-likeness (QED) is 0.434. The molecule has 24 heavy (non-hydrogen) atoms. The molecule has 0 amide bonds. The summed E-state index contributed by atoms with van der Waals surface area (Å²) in [6.07, 6.45) is 0. The number of halogens is 1. The van der Waals surface area contributed by atoms with Gasteiger partial charge in [0.1, 0.15) is 0 Å². The van der Waals surface area contributed by atoms with Crippen molar-refractivity contribution < 1.29 is 4.92 Å². The Labute approximate surface area is 148 Å². The van der Waals surface area contributed by atoms with Gasteiger partial charge in [-0.05, 0) is 29.8 Å². The van der Waals surface area contributed by atoms with Gasteiger partial charge in [-0.1, -0.05) is 12.1 Å². The summed E-state index contributed by atoms with van der Waals surface area (Å²) in [7, 11) is 4.05. The third-order valence-corrected chi connectivity index (χ3v) is 3.49. The van der Waals surface area contributed by atoms with E-state index < -0.39 is 4.92 Å². The van der Waals surface area contributed by atoms with Crippen molar-refractivity contribution in [3.63, 3.8) is 0 Å². The molecule has 0 atom stereocenters. The maximum absolute atomic E-state index is 10.6. The first-order valence-corrected chi connectivity index (χ1v) is 7.51. The molecule has 0 aromatic heterocycles. The fraction of sp³-hybridized carbons (Fsp3) is 0.294. The van der Waals surface area contributed by atoms with Gasteiger partial charge in [0.15, 0.2) is 0 Å². The summed E-state index contributed by atoms with van der Waals surface area (Å²) in [5, 5.41) is 17.2. The number of hydrogen-bond donors (Lipinski definition) is 2. The average molecular weight is 351 g/mol. The molecule has 0 heterocycles. The van der Waals surface area contributed by atoms with Gasteiger partial charge in [0, 0.05) is 57.2 Å². The maximum atomic E-state index is 10.6. The maximum Gasteiger partial charge on any atom is 0.269 e. The molecular weight excluding hydrogens is 328 g/mol. The van der Waals surface area contributed by atoms with Crippen LogP contribution in [0.15, 0.2) is 48.5 Å². The van der Waals surface area contributed by atoms with E-state index in [9.17, 15) is 10.1 Å². The number of rotatable bonds is 8. The minimum Gasteiger partial charge on any atom is -0.384 e. The summed E-state index contributed by atoms with van der Waals surface area (Å²) in [6, 6.07) is 14.9. The molecule has 130 valence electrons. The third kappa shape index (κ3) is 6.06. The van der Waals surface area contributed by atoms with Crippen LogP contribution >= 0.6 is 12.4 Å². The van der Waals surface area contributed by atoms with Gasteiger partial charge < -0.3 is 15.5 Å². The Balaban J connectivity index is 0.00000288. The predicted octanol–water partition coefficient (Wildman–Crippen LogP) is 3.28. The number of nitro groups is 1. The molecule has 0 saturated heterocycles. The molecule has 0 aliphatic heterocycles. The molecule has 0 aliphatic carbocycles. The van der Waals surface area contributed by atoms with Crippen molar-refractivity contribution in [1.82, 2.24) is 5.32 Å². The van der Waals surface area contributed by atoms with Crippen molar-refractivity contribution >= 4 is 29.5 Å². The van der Waals surface area contributed by atoms with E-state index in [0.29, 0.717) is 0 Å². The van der Waals surface area contributed by atoms with E-state index in [4.69, 9.17) is 0 Å². The monoisotopic (exact) mass is 350 g/mol. The number of nitrogens with one attached hydrogen (secondary N) is 2. The van der Waals surface area contributed by atoms with Crippen molar-refractivity contribution in [3.05, 3.63) is 64.2 Å². The number of benzene rings is 2. The van der Waals surface area contributed by atoms with Crippen LogP contribution in [-0.4, -0.2) is 32.1 Å². The van der Waals surface area contributed by atoms with Crippen molar-refractivity contribution in [2.75, 3.05) is 37.4 Å². The fourth-order valence-corrected chi connectivity index (χ4v) is 2.14. The van der Waals surface area contributed by atoms with Crippen LogP contribution in [0.1, 0.15) is 5.56 Å². The Hall–Kier alpha value is -2.31. The SMILES string of the molecule is CN(C)c1ccc(CNCCNc2ccc([N+](=O)[O-])cc2)cc1.Cl. The van der Waals surface area contributed by atoms with Gasteiger partial charge in [-0.15, -0.1) is 12.4 Å². The highest BCUT2D eigenvalue weighted by molar-refractivity contribution is 5.85. The topological polar surface area (TPSA) is 70.4 Å². The zero-order chi connectivity index (χ0) is 16.7. The minimum absolute atomic E-state index is 0. The summed E-state index contributed by atoms with van der Waals surface area (Å²) in [4.78, 5) is 12.3. The summed E-state index contributed by atoms with van der Waals surface area (Å²) in [5.41, 5.74) is 3.42. The first-order chi connectivity index (χ1) is 11.1. The fourth-order valence-electron chi connectivity index (χ4n) is 2.14. The molecule has 0 fully saturated rings. The molecule has 0 bridgehead atoms. The second kappa shape index (κ2) is 9.75. The van der Waals surface area contributed by atoms with Gasteiger partial charge in [0.25, 0.3) is 5.69 Å². The largest absolute Gasteiger partial charge is 0.384 e. The summed E-state index contributed by atoms with van der Waals surface area (Å²) >= 11 is 0. The van der Waals surface area contributed by atoms with Crippen LogP contribution in [0.3, 0.4) is 0 Å². The van der Waals surface area contributed by atoms with Crippen molar-refractivity contribution in [3.8, 4) is 0 Å². The van der Waals surface area contributed by atoms with E-state index in [-0.39, 0.29) is 18.1 Å². The van der Waals surface area contributed by atoms with Crippen LogP contribution in [0, 0.1) is 10.1 Å². The zero-order valence-corrected chi connectivity index (χ0v) is 14.7. The Morgan fingerprint density at radius 3 is 2.17 bits per heavy atom. The van der Waals surface area contributed by atoms with Crippen LogP contribution in [0.2, 0.25) is 0 Å². The molecule has 0 radical (unpaired) electrons. The summed E-state index contributed by atoms with van der Waals surface area (Å²) in [6.45, 7) is 2.38. The first-order valence-electron chi connectivity index (χ1n) is 7.51. The Kier molecular flexibility index (Phi) is 8.01. The van der Waals surface area contributed by atoms with Crippen LogP contribution in [0.5, 0.6) is 0 Å². The molecule has 7 heteroatoms. The van der Waals surface area contributed by atoms with Crippen LogP contribution in [-0.2, 0) is 6.54 Å². The second-order valence-electron chi connectivity index (χ2n) is 5.47. The van der Waals surface area contributed by atoms with E-state index in [1.807, 2.05) is 14.1 Å². The van der Waals surface area contributed by atoms with Crippen molar-refractivity contribution in [1.29, 1.82) is 0 Å². The second-order valence-corrected chi connectivity index (χ2v) is 5.47. The van der Waals surface area contributed by atoms with Gasteiger partial charge >= 0.3 is 0 Å². The van der Waals surface area contributed by atoms with Crippen molar-refractivity contribution in [2.45, 2.75) is 6.54 Å². The van der Waals surface area contributed by atoms with Gasteiger partial charge in [0.05, 0.1) is 4.92 Å². The highest BCUT2D eigenvalue weighted by Gasteiger charge is 2.03. The molecule has 0 spiro atoms. The van der Waals surface area contributed by atoms with E-state index in [2.05, 4.69) is 39.8 Å². The molecule has 0 saturated carbocycles. The number of nitro benzene ring substituents is 1. The van der Waals surface area contributed by atoms with Crippen LogP contribution in [0.25, 0.3) is 0 Å². The van der Waals surface area contributed by atoms with E-state index in [1.54, 1.807) is 12.1 Å². The smallest absolute Gasteiger partial charge is 0.269 e. The van der Waals surface area contributed by atoms with E-state index in [0.717, 1.165) is 25.3 Å². The molecule has 2 aromatic carbocycles. The van der Waals surface area contributed by atoms with Crippen molar-refractivity contribution in [2.24, 2.45) is 0 Å². The standard InChI is InChI=1S/C17H22N4O2.ClH/c1-20(2)16-7-3-14(4-8-16)13-18-11-12-19-15-5-9-17(10-6-15)21(22)23;/h3-10,18-19H,11-13H2,1-2H3;1H. The minimum atomic E-state index is -0.396. The average Bonchev–Trinajstić information content (AvgIpc) is 2.55. The Bertz CT molecular complexity index is 630. The Morgan fingerprint density at radius 1 is 1.00 bits per heavy atom. The molecule has 2 aromatic rings. The third-order valence-electron chi connectivity index (χ3n) is 3.49. The molecule has 0 aliphatic rings. The number of anilines is 2. The lowest BCUT2D eigenvalue weighted by atomic mass is 10.2. The number of non-ortho nitro benzene ring substituents is 1. The van der Waals surface area contributed by atoms with Gasteiger partial charge in [-0.2, -0.15) is 0 Å². The Morgan fingerprint density at radius 2 is 1.62 bits per heavy atom. The molecule has 0 unspecified atom stereocenters. The lowest BCUT2D eigenvalue weighted by molar-refractivity contribution is -0.384. The van der Waals surface area contributed by atoms with Gasteiger partial charge in [-0.25, -0.2) is 0 Å². The first kappa shape index (κ1) is 19.7. The normalized spacial score (nSPS) is 9.92. The summed E-state index contributed by atoms with van der Waals surface area (Å²) in [5.74, 6) is 0. The van der Waals surface area contributed by atoms with Gasteiger partial charge in [0.2, 0.25) is 0 Å². The molecular formula is C17H23ClN4O2. The van der Waals surface area contributed by atoms with E-state index in [1.165, 1.54) is 23.4 Å². The van der Waals surface area contributed by atoms with Gasteiger partial charge in [-0.3, -0.25) is 10.1 Å². The lowest BCUT2D eigenvalue weighted by Crippen LogP contribution is -2.21. The highest BCUT2D eigenvalue weighted by atomic mass is 35.5. The lowest BCUT2D eigenvalue weighted by Gasteiger charge is -2.13. The number of hydrogen-bond acceptors (Lipinski definition) is 5. The van der Waals surface area contributed by atoms with E-state index >= 15 is 0 Å². The zero-order valence-electron chi connectivity index (χ0n) is 13.9.